The fraction of sp³-hybridized carbons (Fsp3) is 0.450. The van der Waals surface area contributed by atoms with Gasteiger partial charge in [0.25, 0.3) is 0 Å². The van der Waals surface area contributed by atoms with Crippen LogP contribution >= 0.6 is 0 Å². The van der Waals surface area contributed by atoms with Crippen LogP contribution in [0.15, 0.2) is 42.7 Å². The van der Waals surface area contributed by atoms with Crippen LogP contribution in [0.25, 0.3) is 11.1 Å². The molecule has 2 fully saturated rings. The molecule has 144 valence electrons. The summed E-state index contributed by atoms with van der Waals surface area (Å²) < 4.78 is 32.7. The Balaban J connectivity index is 1.60. The highest BCUT2D eigenvalue weighted by atomic mass is 32.2. The fourth-order valence-electron chi connectivity index (χ4n) is 4.06. The van der Waals surface area contributed by atoms with E-state index in [9.17, 15) is 8.42 Å². The molecule has 2 bridgehead atoms. The summed E-state index contributed by atoms with van der Waals surface area (Å²) >= 11 is 0. The Morgan fingerprint density at radius 2 is 2.07 bits per heavy atom. The van der Waals surface area contributed by atoms with Gasteiger partial charge in [0.2, 0.25) is 10.0 Å². The van der Waals surface area contributed by atoms with Gasteiger partial charge in [0.1, 0.15) is 11.9 Å². The number of nitrogens with one attached hydrogen (secondary N) is 2. The van der Waals surface area contributed by atoms with E-state index in [1.807, 2.05) is 24.3 Å². The second kappa shape index (κ2) is 7.48. The third-order valence-electron chi connectivity index (χ3n) is 5.44. The lowest BCUT2D eigenvalue weighted by Crippen LogP contribution is -2.34. The Morgan fingerprint density at radius 1 is 1.22 bits per heavy atom. The summed E-state index contributed by atoms with van der Waals surface area (Å²) in [5.41, 5.74) is 2.23. The molecule has 2 aliphatic rings. The molecule has 0 unspecified atom stereocenters. The number of piperidine rings is 1. The summed E-state index contributed by atoms with van der Waals surface area (Å²) in [7, 11) is -3.34. The highest BCUT2D eigenvalue weighted by Crippen LogP contribution is 2.39. The summed E-state index contributed by atoms with van der Waals surface area (Å²) in [6.45, 7) is 3.70. The van der Waals surface area contributed by atoms with Gasteiger partial charge in [0.15, 0.2) is 0 Å². The van der Waals surface area contributed by atoms with Crippen LogP contribution in [0.5, 0.6) is 5.75 Å². The van der Waals surface area contributed by atoms with Crippen LogP contribution in [0.2, 0.25) is 0 Å². The molecule has 1 aliphatic carbocycles. The summed E-state index contributed by atoms with van der Waals surface area (Å²) in [4.78, 5) is 4.21. The van der Waals surface area contributed by atoms with E-state index < -0.39 is 10.0 Å². The topological polar surface area (TPSA) is 80.3 Å². The van der Waals surface area contributed by atoms with E-state index in [1.54, 1.807) is 19.2 Å². The van der Waals surface area contributed by atoms with Crippen molar-refractivity contribution in [3.63, 3.8) is 0 Å². The van der Waals surface area contributed by atoms with Gasteiger partial charge in [0.05, 0.1) is 17.6 Å². The minimum Gasteiger partial charge on any atom is -0.489 e. The van der Waals surface area contributed by atoms with Gasteiger partial charge in [-0.25, -0.2) is 8.42 Å². The van der Waals surface area contributed by atoms with Crippen molar-refractivity contribution in [2.75, 3.05) is 23.6 Å². The van der Waals surface area contributed by atoms with Crippen LogP contribution in [0.1, 0.15) is 19.8 Å². The van der Waals surface area contributed by atoms with E-state index in [-0.39, 0.29) is 11.9 Å². The van der Waals surface area contributed by atoms with Gasteiger partial charge in [-0.1, -0.05) is 18.2 Å². The molecule has 2 N–H and O–H groups in total. The molecule has 2 aromatic rings. The van der Waals surface area contributed by atoms with Gasteiger partial charge in [-0.05, 0) is 44.4 Å². The number of ether oxygens (including phenoxy) is 1. The summed E-state index contributed by atoms with van der Waals surface area (Å²) in [5, 5.41) is 3.49. The fourth-order valence-corrected chi connectivity index (χ4v) is 4.68. The summed E-state index contributed by atoms with van der Waals surface area (Å²) in [5.74, 6) is 2.11. The van der Waals surface area contributed by atoms with Crippen LogP contribution in [0, 0.1) is 11.8 Å². The Bertz CT molecular complexity index is 916. The zero-order chi connectivity index (χ0) is 18.9. The van der Waals surface area contributed by atoms with Gasteiger partial charge in [-0.15, -0.1) is 0 Å². The zero-order valence-electron chi connectivity index (χ0n) is 15.4. The highest BCUT2D eigenvalue weighted by Gasteiger charge is 2.38. The number of rotatable bonds is 6. The zero-order valence-corrected chi connectivity index (χ0v) is 16.2. The van der Waals surface area contributed by atoms with Gasteiger partial charge < -0.3 is 10.1 Å². The van der Waals surface area contributed by atoms with Crippen LogP contribution in [0.3, 0.4) is 0 Å². The van der Waals surface area contributed by atoms with Gasteiger partial charge >= 0.3 is 0 Å². The van der Waals surface area contributed by atoms with Crippen molar-refractivity contribution in [1.82, 2.24) is 10.3 Å². The highest BCUT2D eigenvalue weighted by molar-refractivity contribution is 7.92. The summed E-state index contributed by atoms with van der Waals surface area (Å²) in [6, 6.07) is 9.70. The minimum absolute atomic E-state index is 0.0230. The number of pyridine rings is 1. The SMILES string of the molecule is CCS(=O)(=O)Nc1cncc(-c2ccccc2O[C@H]2C[C@@H]3CNC[C@H]2C3)c1. The van der Waals surface area contributed by atoms with E-state index in [4.69, 9.17) is 4.74 Å². The number of hydrogen-bond donors (Lipinski definition) is 2. The van der Waals surface area contributed by atoms with E-state index in [1.165, 1.54) is 12.6 Å². The van der Waals surface area contributed by atoms with Crippen molar-refractivity contribution >= 4 is 15.7 Å². The number of nitrogens with zero attached hydrogens (tertiary/aromatic N) is 1. The second-order valence-corrected chi connectivity index (χ2v) is 9.39. The first-order chi connectivity index (χ1) is 13.0. The predicted octanol–water partition coefficient (Wildman–Crippen LogP) is 2.89. The molecule has 0 spiro atoms. The number of sulfonamides is 1. The first-order valence-corrected chi connectivity index (χ1v) is 11.1. The number of fused-ring (bicyclic) bond motifs is 2. The number of para-hydroxylation sites is 1. The lowest BCUT2D eigenvalue weighted by Gasteiger charge is -2.23. The van der Waals surface area contributed by atoms with Gasteiger partial charge in [0, 0.05) is 29.8 Å². The molecule has 0 radical (unpaired) electrons. The number of benzene rings is 1. The average Bonchev–Trinajstić information content (AvgIpc) is 2.94. The Labute approximate surface area is 160 Å². The van der Waals surface area contributed by atoms with Gasteiger partial charge in [-0.3, -0.25) is 9.71 Å². The minimum atomic E-state index is -3.34. The molecular formula is C20H25N3O3S. The average molecular weight is 388 g/mol. The first-order valence-electron chi connectivity index (χ1n) is 9.46. The molecule has 1 aromatic heterocycles. The van der Waals surface area contributed by atoms with E-state index in [0.717, 1.165) is 36.4 Å². The van der Waals surface area contributed by atoms with E-state index >= 15 is 0 Å². The molecule has 7 heteroatoms. The quantitative estimate of drug-likeness (QED) is 0.797. The number of anilines is 1. The largest absolute Gasteiger partial charge is 0.489 e. The maximum atomic E-state index is 11.8. The Kier molecular flexibility index (Phi) is 5.06. The second-order valence-electron chi connectivity index (χ2n) is 7.38. The van der Waals surface area contributed by atoms with Crippen molar-refractivity contribution in [3.05, 3.63) is 42.7 Å². The van der Waals surface area contributed by atoms with Crippen LogP contribution in [-0.2, 0) is 10.0 Å². The molecule has 27 heavy (non-hydrogen) atoms. The van der Waals surface area contributed by atoms with Crippen molar-refractivity contribution in [2.24, 2.45) is 11.8 Å². The third kappa shape index (κ3) is 4.09. The standard InChI is InChI=1S/C20H25N3O3S/c1-2-27(24,25)23-17-9-15(11-22-13-17)18-5-3-4-6-19(18)26-20-8-14-7-16(20)12-21-10-14/h3-6,9,11,13-14,16,20-21,23H,2,7-8,10,12H2,1H3/t14-,16-,20+/m1/s1. The molecule has 0 amide bonds. The molecule has 6 nitrogen and oxygen atoms in total. The molecule has 1 saturated carbocycles. The normalized spacial score (nSPS) is 24.6. The molecule has 1 aliphatic heterocycles. The number of aromatic nitrogens is 1. The predicted molar refractivity (Wildman–Crippen MR) is 106 cm³/mol. The summed E-state index contributed by atoms with van der Waals surface area (Å²) in [6.07, 6.45) is 5.80. The van der Waals surface area contributed by atoms with Gasteiger partial charge in [-0.2, -0.15) is 0 Å². The monoisotopic (exact) mass is 387 g/mol. The molecule has 4 rings (SSSR count). The molecular weight excluding hydrogens is 362 g/mol. The lowest BCUT2D eigenvalue weighted by molar-refractivity contribution is 0.161. The van der Waals surface area contributed by atoms with E-state index in [0.29, 0.717) is 17.5 Å². The Hall–Kier alpha value is -2.12. The molecule has 1 aromatic carbocycles. The first kappa shape index (κ1) is 18.3. The van der Waals surface area contributed by atoms with E-state index in [2.05, 4.69) is 15.0 Å². The van der Waals surface area contributed by atoms with Crippen molar-refractivity contribution < 1.29 is 13.2 Å². The van der Waals surface area contributed by atoms with Crippen LogP contribution in [-0.4, -0.2) is 38.3 Å². The lowest BCUT2D eigenvalue weighted by atomic mass is 10.0. The van der Waals surface area contributed by atoms with Crippen molar-refractivity contribution in [1.29, 1.82) is 0 Å². The van der Waals surface area contributed by atoms with Crippen molar-refractivity contribution in [2.45, 2.75) is 25.9 Å². The number of hydrogen-bond acceptors (Lipinski definition) is 5. The molecule has 1 saturated heterocycles. The Morgan fingerprint density at radius 3 is 2.89 bits per heavy atom. The maximum absolute atomic E-state index is 11.8. The molecule has 3 atom stereocenters. The van der Waals surface area contributed by atoms with Crippen LogP contribution < -0.4 is 14.8 Å². The van der Waals surface area contributed by atoms with Crippen LogP contribution in [0.4, 0.5) is 5.69 Å². The smallest absolute Gasteiger partial charge is 0.232 e. The molecule has 2 heterocycles. The van der Waals surface area contributed by atoms with Crippen molar-refractivity contribution in [3.8, 4) is 16.9 Å². The maximum Gasteiger partial charge on any atom is 0.232 e. The third-order valence-corrected chi connectivity index (χ3v) is 6.74.